The third-order valence-corrected chi connectivity index (χ3v) is 6.64. The molecule has 3 aromatic rings. The van der Waals surface area contributed by atoms with Crippen molar-refractivity contribution in [3.8, 4) is 0 Å². The maximum atomic E-state index is 13.4. The Morgan fingerprint density at radius 3 is 2.17 bits per heavy atom. The minimum Gasteiger partial charge on any atom is -0.325 e. The fourth-order valence-electron chi connectivity index (χ4n) is 3.95. The maximum absolute atomic E-state index is 13.4. The van der Waals surface area contributed by atoms with Gasteiger partial charge in [-0.05, 0) is 47.5 Å². The SMILES string of the molecule is NS(=O)(=O)c1ccc(N2C(=O)CC(N(Cc3ccc(F)cc3)C(=O)Cc3ccccc3)C2=O)cc1. The number of primary sulfonamides is 1. The Kier molecular flexibility index (Phi) is 6.77. The van der Waals surface area contributed by atoms with Gasteiger partial charge in [0.05, 0.1) is 23.4 Å². The van der Waals surface area contributed by atoms with E-state index in [2.05, 4.69) is 0 Å². The molecule has 1 aliphatic rings. The van der Waals surface area contributed by atoms with E-state index in [1.807, 2.05) is 6.07 Å². The molecule has 0 radical (unpaired) electrons. The van der Waals surface area contributed by atoms with Gasteiger partial charge in [0.25, 0.3) is 5.91 Å². The van der Waals surface area contributed by atoms with Crippen LogP contribution in [0.2, 0.25) is 0 Å². The lowest BCUT2D eigenvalue weighted by Crippen LogP contribution is -2.45. The van der Waals surface area contributed by atoms with Gasteiger partial charge in [-0.1, -0.05) is 42.5 Å². The van der Waals surface area contributed by atoms with Crippen molar-refractivity contribution in [2.45, 2.75) is 30.3 Å². The highest BCUT2D eigenvalue weighted by molar-refractivity contribution is 7.89. The maximum Gasteiger partial charge on any atom is 0.257 e. The lowest BCUT2D eigenvalue weighted by Gasteiger charge is -2.28. The lowest BCUT2D eigenvalue weighted by atomic mass is 10.1. The molecule has 0 spiro atoms. The topological polar surface area (TPSA) is 118 Å². The van der Waals surface area contributed by atoms with Crippen molar-refractivity contribution in [2.75, 3.05) is 4.90 Å². The molecule has 1 heterocycles. The fraction of sp³-hybridized carbons (Fsp3) is 0.160. The zero-order valence-electron chi connectivity index (χ0n) is 18.5. The summed E-state index contributed by atoms with van der Waals surface area (Å²) in [5, 5.41) is 5.11. The van der Waals surface area contributed by atoms with Gasteiger partial charge in [-0.2, -0.15) is 0 Å². The molecular weight excluding hydrogens is 473 g/mol. The van der Waals surface area contributed by atoms with Crippen LogP contribution >= 0.6 is 0 Å². The number of benzene rings is 3. The highest BCUT2D eigenvalue weighted by Crippen LogP contribution is 2.28. The molecule has 0 aliphatic carbocycles. The van der Waals surface area contributed by atoms with E-state index in [-0.39, 0.29) is 35.9 Å². The van der Waals surface area contributed by atoms with E-state index in [4.69, 9.17) is 5.14 Å². The van der Waals surface area contributed by atoms with Gasteiger partial charge in [-0.25, -0.2) is 22.8 Å². The van der Waals surface area contributed by atoms with Crippen molar-refractivity contribution in [3.05, 3.63) is 95.8 Å². The number of carbonyl (C=O) groups excluding carboxylic acids is 3. The number of anilines is 1. The molecule has 10 heteroatoms. The van der Waals surface area contributed by atoms with E-state index >= 15 is 0 Å². The molecule has 35 heavy (non-hydrogen) atoms. The van der Waals surface area contributed by atoms with Crippen LogP contribution in [0.5, 0.6) is 0 Å². The monoisotopic (exact) mass is 495 g/mol. The van der Waals surface area contributed by atoms with Crippen molar-refractivity contribution in [2.24, 2.45) is 5.14 Å². The average Bonchev–Trinajstić information content (AvgIpc) is 3.12. The molecule has 3 amide bonds. The molecule has 4 rings (SSSR count). The van der Waals surface area contributed by atoms with E-state index < -0.39 is 33.7 Å². The normalized spacial score (nSPS) is 15.9. The first kappa shape index (κ1) is 24.2. The van der Waals surface area contributed by atoms with E-state index in [9.17, 15) is 27.2 Å². The van der Waals surface area contributed by atoms with Crippen molar-refractivity contribution in [1.29, 1.82) is 0 Å². The molecule has 0 bridgehead atoms. The summed E-state index contributed by atoms with van der Waals surface area (Å²) in [6.45, 7) is 0.00777. The smallest absolute Gasteiger partial charge is 0.257 e. The molecule has 8 nitrogen and oxygen atoms in total. The molecule has 0 saturated carbocycles. The number of halogens is 1. The number of hydrogen-bond acceptors (Lipinski definition) is 5. The van der Waals surface area contributed by atoms with Gasteiger partial charge >= 0.3 is 0 Å². The average molecular weight is 496 g/mol. The first-order valence-corrected chi connectivity index (χ1v) is 12.3. The van der Waals surface area contributed by atoms with E-state index in [1.54, 1.807) is 24.3 Å². The zero-order chi connectivity index (χ0) is 25.2. The summed E-state index contributed by atoms with van der Waals surface area (Å²) in [5.74, 6) is -1.93. The Morgan fingerprint density at radius 2 is 1.57 bits per heavy atom. The molecule has 1 aliphatic heterocycles. The molecular formula is C25H22FN3O5S. The summed E-state index contributed by atoms with van der Waals surface area (Å²) >= 11 is 0. The van der Waals surface area contributed by atoms with Crippen LogP contribution in [0.3, 0.4) is 0 Å². The van der Waals surface area contributed by atoms with E-state index in [0.29, 0.717) is 5.56 Å². The zero-order valence-corrected chi connectivity index (χ0v) is 19.3. The number of sulfonamides is 1. The van der Waals surface area contributed by atoms with E-state index in [1.165, 1.54) is 53.4 Å². The van der Waals surface area contributed by atoms with Gasteiger partial charge in [0, 0.05) is 6.54 Å². The second-order valence-electron chi connectivity index (χ2n) is 8.14. The summed E-state index contributed by atoms with van der Waals surface area (Å²) in [5.41, 5.74) is 1.52. The summed E-state index contributed by atoms with van der Waals surface area (Å²) < 4.78 is 36.4. The standard InChI is InChI=1S/C25H22FN3O5S/c26-19-8-6-18(7-9-19)16-28(23(30)14-17-4-2-1-3-5-17)22-15-24(31)29(25(22)32)20-10-12-21(13-11-20)35(27,33)34/h1-13,22H,14-16H2,(H2,27,33,34). The third-order valence-electron chi connectivity index (χ3n) is 5.71. The van der Waals surface area contributed by atoms with Crippen LogP contribution in [0, 0.1) is 5.82 Å². The quantitative estimate of drug-likeness (QED) is 0.505. The second kappa shape index (κ2) is 9.77. The highest BCUT2D eigenvalue weighted by Gasteiger charge is 2.44. The minimum absolute atomic E-state index is 0.00777. The summed E-state index contributed by atoms with van der Waals surface area (Å²) in [7, 11) is -3.94. The first-order valence-electron chi connectivity index (χ1n) is 10.7. The Hall–Kier alpha value is -3.89. The number of amides is 3. The van der Waals surface area contributed by atoms with Crippen molar-refractivity contribution in [1.82, 2.24) is 4.90 Å². The second-order valence-corrected chi connectivity index (χ2v) is 9.70. The Bertz CT molecular complexity index is 1360. The highest BCUT2D eigenvalue weighted by atomic mass is 32.2. The molecule has 1 saturated heterocycles. The Balaban J connectivity index is 1.63. The summed E-state index contributed by atoms with van der Waals surface area (Å²) in [6.07, 6.45) is -0.222. The third kappa shape index (κ3) is 5.44. The number of nitrogens with two attached hydrogens (primary N) is 1. The van der Waals surface area contributed by atoms with Crippen molar-refractivity contribution < 1.29 is 27.2 Å². The molecule has 3 aromatic carbocycles. The van der Waals surface area contributed by atoms with Crippen LogP contribution in [0.15, 0.2) is 83.8 Å². The number of carbonyl (C=O) groups is 3. The van der Waals surface area contributed by atoms with Crippen LogP contribution in [0.1, 0.15) is 17.5 Å². The Morgan fingerprint density at radius 1 is 0.943 bits per heavy atom. The number of hydrogen-bond donors (Lipinski definition) is 1. The van der Waals surface area contributed by atoms with Crippen LogP contribution in [-0.2, 0) is 37.4 Å². The van der Waals surface area contributed by atoms with Crippen molar-refractivity contribution >= 4 is 33.4 Å². The van der Waals surface area contributed by atoms with Crippen LogP contribution in [0.25, 0.3) is 0 Å². The van der Waals surface area contributed by atoms with Gasteiger partial charge in [0.2, 0.25) is 21.8 Å². The fourth-order valence-corrected chi connectivity index (χ4v) is 4.46. The van der Waals surface area contributed by atoms with Crippen molar-refractivity contribution in [3.63, 3.8) is 0 Å². The van der Waals surface area contributed by atoms with Gasteiger partial charge in [0.15, 0.2) is 0 Å². The number of rotatable bonds is 7. The Labute approximate surface area is 201 Å². The van der Waals surface area contributed by atoms with Crippen LogP contribution in [0.4, 0.5) is 10.1 Å². The van der Waals surface area contributed by atoms with Crippen LogP contribution < -0.4 is 10.0 Å². The lowest BCUT2D eigenvalue weighted by molar-refractivity contribution is -0.138. The number of nitrogens with zero attached hydrogens (tertiary/aromatic N) is 2. The predicted octanol–water partition coefficient (Wildman–Crippen LogP) is 2.38. The first-order chi connectivity index (χ1) is 16.6. The summed E-state index contributed by atoms with van der Waals surface area (Å²) in [4.78, 5) is 41.6. The predicted molar refractivity (Wildman–Crippen MR) is 126 cm³/mol. The van der Waals surface area contributed by atoms with Gasteiger partial charge < -0.3 is 4.90 Å². The minimum atomic E-state index is -3.94. The largest absolute Gasteiger partial charge is 0.325 e. The summed E-state index contributed by atoms with van der Waals surface area (Å²) in [6, 6.07) is 18.5. The van der Waals surface area contributed by atoms with E-state index in [0.717, 1.165) is 10.5 Å². The molecule has 180 valence electrons. The number of imide groups is 1. The molecule has 1 fully saturated rings. The van der Waals surface area contributed by atoms with Gasteiger partial charge in [-0.15, -0.1) is 0 Å². The molecule has 1 unspecified atom stereocenters. The molecule has 2 N–H and O–H groups in total. The van der Waals surface area contributed by atoms with Gasteiger partial charge in [0.1, 0.15) is 11.9 Å². The molecule has 1 atom stereocenters. The van der Waals surface area contributed by atoms with Gasteiger partial charge in [-0.3, -0.25) is 14.4 Å². The molecule has 0 aromatic heterocycles. The van der Waals surface area contributed by atoms with Crippen LogP contribution in [-0.4, -0.2) is 37.1 Å².